The Bertz CT molecular complexity index is 667. The number of benzene rings is 1. The van der Waals surface area contributed by atoms with Crippen molar-refractivity contribution in [2.24, 2.45) is 0 Å². The van der Waals surface area contributed by atoms with E-state index in [1.54, 1.807) is 11.0 Å². The zero-order valence-electron chi connectivity index (χ0n) is 13.8. The summed E-state index contributed by atoms with van der Waals surface area (Å²) >= 11 is 0. The molecule has 1 fully saturated rings. The van der Waals surface area contributed by atoms with Gasteiger partial charge in [0.15, 0.2) is 0 Å². The first-order chi connectivity index (χ1) is 11.7. The number of carboxylic acids is 1. The topological polar surface area (TPSA) is 83.3 Å². The van der Waals surface area contributed by atoms with Crippen molar-refractivity contribution in [1.82, 2.24) is 25.2 Å². The molecule has 1 aliphatic rings. The van der Waals surface area contributed by atoms with E-state index in [1.807, 2.05) is 42.2 Å². The number of rotatable bonds is 8. The van der Waals surface area contributed by atoms with E-state index in [9.17, 15) is 4.79 Å². The summed E-state index contributed by atoms with van der Waals surface area (Å²) in [7, 11) is 0. The van der Waals surface area contributed by atoms with Crippen LogP contribution in [0, 0.1) is 0 Å². The zero-order valence-corrected chi connectivity index (χ0v) is 13.8. The molecule has 0 bridgehead atoms. The van der Waals surface area contributed by atoms with E-state index in [1.165, 1.54) is 0 Å². The number of aromatic nitrogens is 3. The molecule has 1 aliphatic carbocycles. The molecule has 7 heteroatoms. The van der Waals surface area contributed by atoms with Gasteiger partial charge in [-0.25, -0.2) is 0 Å². The second-order valence-corrected chi connectivity index (χ2v) is 6.12. The fourth-order valence-corrected chi connectivity index (χ4v) is 3.04. The highest BCUT2D eigenvalue weighted by molar-refractivity contribution is 5.69. The fraction of sp³-hybridized carbons (Fsp3) is 0.471. The molecule has 0 spiro atoms. The number of aliphatic carboxylic acids is 1. The standard InChI is InChI=1S/C17H23N5O2/c1-2-21(12-17(23)24)16-8-13(9-16)18-10-14-11-19-22(20-14)15-6-4-3-5-7-15/h3-7,11,13,16,18H,2,8-10,12H2,1H3,(H,23,24). The van der Waals surface area contributed by atoms with Gasteiger partial charge in [0.05, 0.1) is 24.1 Å². The van der Waals surface area contributed by atoms with Crippen molar-refractivity contribution in [3.63, 3.8) is 0 Å². The Morgan fingerprint density at radius 3 is 2.79 bits per heavy atom. The minimum absolute atomic E-state index is 0.124. The van der Waals surface area contributed by atoms with Crippen molar-refractivity contribution in [3.05, 3.63) is 42.2 Å². The highest BCUT2D eigenvalue weighted by Crippen LogP contribution is 2.25. The van der Waals surface area contributed by atoms with Crippen LogP contribution in [0.3, 0.4) is 0 Å². The second-order valence-electron chi connectivity index (χ2n) is 6.12. The third-order valence-electron chi connectivity index (χ3n) is 4.47. The number of carboxylic acid groups (broad SMARTS) is 1. The molecule has 128 valence electrons. The molecule has 0 radical (unpaired) electrons. The minimum atomic E-state index is -0.759. The molecule has 1 heterocycles. The number of nitrogens with one attached hydrogen (secondary N) is 1. The van der Waals surface area contributed by atoms with Gasteiger partial charge in [-0.15, -0.1) is 0 Å². The van der Waals surface area contributed by atoms with Gasteiger partial charge in [0.25, 0.3) is 0 Å². The normalized spacial score (nSPS) is 20.1. The van der Waals surface area contributed by atoms with Crippen LogP contribution in [0.2, 0.25) is 0 Å². The first-order valence-electron chi connectivity index (χ1n) is 8.31. The quantitative estimate of drug-likeness (QED) is 0.759. The van der Waals surface area contributed by atoms with E-state index >= 15 is 0 Å². The molecule has 7 nitrogen and oxygen atoms in total. The van der Waals surface area contributed by atoms with Crippen molar-refractivity contribution in [2.75, 3.05) is 13.1 Å². The maximum absolute atomic E-state index is 10.8. The average molecular weight is 329 g/mol. The lowest BCUT2D eigenvalue weighted by Crippen LogP contribution is -2.53. The lowest BCUT2D eigenvalue weighted by molar-refractivity contribution is -0.139. The summed E-state index contributed by atoms with van der Waals surface area (Å²) in [6.07, 6.45) is 3.74. The fourth-order valence-electron chi connectivity index (χ4n) is 3.04. The second kappa shape index (κ2) is 7.55. The smallest absolute Gasteiger partial charge is 0.317 e. The van der Waals surface area contributed by atoms with Crippen LogP contribution in [-0.4, -0.2) is 56.1 Å². The van der Waals surface area contributed by atoms with Gasteiger partial charge in [-0.05, 0) is 31.5 Å². The van der Waals surface area contributed by atoms with Crippen LogP contribution < -0.4 is 5.32 Å². The molecule has 0 amide bonds. The highest BCUT2D eigenvalue weighted by Gasteiger charge is 2.33. The van der Waals surface area contributed by atoms with Gasteiger partial charge in [0.2, 0.25) is 0 Å². The lowest BCUT2D eigenvalue weighted by atomic mass is 9.85. The van der Waals surface area contributed by atoms with Crippen molar-refractivity contribution >= 4 is 5.97 Å². The lowest BCUT2D eigenvalue weighted by Gasteiger charge is -2.42. The molecule has 0 atom stereocenters. The molecule has 0 unspecified atom stereocenters. The Labute approximate surface area is 141 Å². The van der Waals surface area contributed by atoms with Crippen molar-refractivity contribution < 1.29 is 9.90 Å². The molecule has 2 N–H and O–H groups in total. The average Bonchev–Trinajstić information content (AvgIpc) is 3.01. The number of likely N-dealkylation sites (N-methyl/N-ethyl adjacent to an activating group) is 1. The van der Waals surface area contributed by atoms with Crippen LogP contribution in [0.5, 0.6) is 0 Å². The summed E-state index contributed by atoms with van der Waals surface area (Å²) in [6.45, 7) is 3.58. The monoisotopic (exact) mass is 329 g/mol. The Kier molecular flexibility index (Phi) is 5.22. The van der Waals surface area contributed by atoms with Gasteiger partial charge in [-0.1, -0.05) is 25.1 Å². The third kappa shape index (κ3) is 3.98. The summed E-state index contributed by atoms with van der Waals surface area (Å²) in [5, 5.41) is 21.2. The van der Waals surface area contributed by atoms with E-state index in [0.717, 1.165) is 30.8 Å². The van der Waals surface area contributed by atoms with Crippen LogP contribution in [0.4, 0.5) is 0 Å². The van der Waals surface area contributed by atoms with Crippen LogP contribution in [0.1, 0.15) is 25.5 Å². The maximum atomic E-state index is 10.8. The number of hydrogen-bond donors (Lipinski definition) is 2. The minimum Gasteiger partial charge on any atom is -0.480 e. The molecule has 3 rings (SSSR count). The van der Waals surface area contributed by atoms with Crippen molar-refractivity contribution in [2.45, 2.75) is 38.4 Å². The molecule has 1 aromatic carbocycles. The number of hydrogen-bond acceptors (Lipinski definition) is 5. The number of nitrogens with zero attached hydrogens (tertiary/aromatic N) is 4. The Morgan fingerprint density at radius 2 is 2.12 bits per heavy atom. The van der Waals surface area contributed by atoms with Gasteiger partial charge in [0, 0.05) is 18.6 Å². The summed E-state index contributed by atoms with van der Waals surface area (Å²) < 4.78 is 0. The maximum Gasteiger partial charge on any atom is 0.317 e. The zero-order chi connectivity index (χ0) is 16.9. The van der Waals surface area contributed by atoms with Gasteiger partial charge < -0.3 is 10.4 Å². The molecule has 1 saturated carbocycles. The molecule has 2 aromatic rings. The van der Waals surface area contributed by atoms with Crippen molar-refractivity contribution in [3.8, 4) is 5.69 Å². The molecular formula is C17H23N5O2. The number of para-hydroxylation sites is 1. The molecule has 1 aromatic heterocycles. The van der Waals surface area contributed by atoms with Gasteiger partial charge >= 0.3 is 5.97 Å². The van der Waals surface area contributed by atoms with Crippen molar-refractivity contribution in [1.29, 1.82) is 0 Å². The third-order valence-corrected chi connectivity index (χ3v) is 4.47. The SMILES string of the molecule is CCN(CC(=O)O)C1CC(NCc2cnn(-c3ccccc3)n2)C1. The molecule has 0 aliphatic heterocycles. The molecule has 0 saturated heterocycles. The van der Waals surface area contributed by atoms with Crippen LogP contribution in [-0.2, 0) is 11.3 Å². The predicted molar refractivity (Wildman–Crippen MR) is 89.9 cm³/mol. The summed E-state index contributed by atoms with van der Waals surface area (Å²) in [6, 6.07) is 10.6. The number of carbonyl (C=O) groups is 1. The largest absolute Gasteiger partial charge is 0.480 e. The first kappa shape index (κ1) is 16.6. The predicted octanol–water partition coefficient (Wildman–Crippen LogP) is 1.29. The molecule has 24 heavy (non-hydrogen) atoms. The van der Waals surface area contributed by atoms with E-state index in [4.69, 9.17) is 5.11 Å². The van der Waals surface area contributed by atoms with E-state index in [2.05, 4.69) is 15.5 Å². The van der Waals surface area contributed by atoms with Gasteiger partial charge in [-0.3, -0.25) is 9.69 Å². The summed E-state index contributed by atoms with van der Waals surface area (Å²) in [5.74, 6) is -0.759. The molecular weight excluding hydrogens is 306 g/mol. The first-order valence-corrected chi connectivity index (χ1v) is 8.31. The van der Waals surface area contributed by atoms with E-state index in [-0.39, 0.29) is 6.54 Å². The van der Waals surface area contributed by atoms with E-state index < -0.39 is 5.97 Å². The van der Waals surface area contributed by atoms with Crippen LogP contribution >= 0.6 is 0 Å². The Balaban J connectivity index is 1.45. The van der Waals surface area contributed by atoms with Crippen LogP contribution in [0.15, 0.2) is 36.5 Å². The Morgan fingerprint density at radius 1 is 1.38 bits per heavy atom. The summed E-state index contributed by atoms with van der Waals surface area (Å²) in [4.78, 5) is 14.5. The highest BCUT2D eigenvalue weighted by atomic mass is 16.4. The van der Waals surface area contributed by atoms with E-state index in [0.29, 0.717) is 18.6 Å². The van der Waals surface area contributed by atoms with Crippen LogP contribution in [0.25, 0.3) is 5.69 Å². The Hall–Kier alpha value is -2.25. The summed E-state index contributed by atoms with van der Waals surface area (Å²) in [5.41, 5.74) is 1.85. The van der Waals surface area contributed by atoms with Gasteiger partial charge in [0.1, 0.15) is 0 Å². The van der Waals surface area contributed by atoms with Gasteiger partial charge in [-0.2, -0.15) is 15.0 Å².